The molecule has 2 aromatic rings. The van der Waals surface area contributed by atoms with Crippen LogP contribution in [0.1, 0.15) is 12.8 Å². The topological polar surface area (TPSA) is 28.2 Å². The predicted octanol–water partition coefficient (Wildman–Crippen LogP) is 3.14. The molecule has 2 aliphatic heterocycles. The van der Waals surface area contributed by atoms with Gasteiger partial charge in [0.05, 0.1) is 15.2 Å². The van der Waals surface area contributed by atoms with Crippen molar-refractivity contribution in [3.05, 3.63) is 23.2 Å². The highest BCUT2D eigenvalue weighted by atomic mass is 35.5. The summed E-state index contributed by atoms with van der Waals surface area (Å²) in [5, 5.41) is 5.39. The maximum absolute atomic E-state index is 6.22. The van der Waals surface area contributed by atoms with Gasteiger partial charge in [-0.3, -0.25) is 0 Å². The minimum Gasteiger partial charge on any atom is -0.347 e. The van der Waals surface area contributed by atoms with Crippen molar-refractivity contribution >= 4 is 38.3 Å². The van der Waals surface area contributed by atoms with Crippen LogP contribution in [0.2, 0.25) is 5.02 Å². The molecule has 0 radical (unpaired) electrons. The van der Waals surface area contributed by atoms with Crippen molar-refractivity contribution in [1.82, 2.24) is 10.3 Å². The Bertz CT molecular complexity index is 610. The highest BCUT2D eigenvalue weighted by Gasteiger charge is 2.44. The minimum absolute atomic E-state index is 0.549. The third kappa shape index (κ3) is 1.93. The molecule has 0 atom stereocenters. The molecule has 1 N–H and O–H groups in total. The molecular formula is C14H16ClN3S. The second-order valence-corrected chi connectivity index (χ2v) is 7.08. The van der Waals surface area contributed by atoms with Crippen LogP contribution in [-0.4, -0.2) is 31.2 Å². The normalized spacial score (nSPS) is 21.8. The van der Waals surface area contributed by atoms with Crippen molar-refractivity contribution in [2.24, 2.45) is 5.41 Å². The summed E-state index contributed by atoms with van der Waals surface area (Å²) in [6.45, 7) is 4.65. The Morgan fingerprint density at radius 2 is 2.05 bits per heavy atom. The largest absolute Gasteiger partial charge is 0.347 e. The molecule has 0 bridgehead atoms. The molecule has 2 fully saturated rings. The van der Waals surface area contributed by atoms with E-state index in [0.717, 1.165) is 33.5 Å². The molecule has 0 unspecified atom stereocenters. The van der Waals surface area contributed by atoms with Gasteiger partial charge in [0.1, 0.15) is 0 Å². The zero-order valence-electron chi connectivity index (χ0n) is 10.7. The number of fused-ring (bicyclic) bond motifs is 1. The lowest BCUT2D eigenvalue weighted by Crippen LogP contribution is -2.60. The van der Waals surface area contributed by atoms with E-state index in [1.807, 2.05) is 18.2 Å². The number of thiazole rings is 1. The number of halogens is 1. The maximum atomic E-state index is 6.22. The molecule has 1 spiro atoms. The van der Waals surface area contributed by atoms with Crippen LogP contribution < -0.4 is 10.2 Å². The predicted molar refractivity (Wildman–Crippen MR) is 81.4 cm³/mol. The van der Waals surface area contributed by atoms with E-state index in [1.54, 1.807) is 11.3 Å². The van der Waals surface area contributed by atoms with Crippen LogP contribution in [0.3, 0.4) is 0 Å². The van der Waals surface area contributed by atoms with Crippen molar-refractivity contribution in [2.45, 2.75) is 12.8 Å². The zero-order valence-corrected chi connectivity index (χ0v) is 12.2. The Morgan fingerprint density at radius 3 is 2.79 bits per heavy atom. The van der Waals surface area contributed by atoms with Gasteiger partial charge in [0, 0.05) is 18.5 Å². The molecule has 2 aliphatic rings. The van der Waals surface area contributed by atoms with E-state index in [0.29, 0.717) is 5.41 Å². The molecule has 19 heavy (non-hydrogen) atoms. The van der Waals surface area contributed by atoms with Crippen molar-refractivity contribution in [2.75, 3.05) is 31.1 Å². The lowest BCUT2D eigenvalue weighted by atomic mass is 9.73. The summed E-state index contributed by atoms with van der Waals surface area (Å²) < 4.78 is 1.12. The fraction of sp³-hybridized carbons (Fsp3) is 0.500. The first-order chi connectivity index (χ1) is 9.26. The summed E-state index contributed by atoms with van der Waals surface area (Å²) in [5.74, 6) is 0. The Hall–Kier alpha value is -0.840. The average Bonchev–Trinajstić information content (AvgIpc) is 2.82. The summed E-state index contributed by atoms with van der Waals surface area (Å²) in [7, 11) is 0. The second-order valence-electron chi connectivity index (χ2n) is 5.69. The van der Waals surface area contributed by atoms with E-state index in [1.165, 1.54) is 25.9 Å². The molecule has 0 amide bonds. The highest BCUT2D eigenvalue weighted by Crippen LogP contribution is 2.43. The van der Waals surface area contributed by atoms with Crippen molar-refractivity contribution in [1.29, 1.82) is 0 Å². The molecule has 0 saturated carbocycles. The van der Waals surface area contributed by atoms with Gasteiger partial charge in [-0.05, 0) is 38.1 Å². The van der Waals surface area contributed by atoms with Gasteiger partial charge in [-0.1, -0.05) is 29.0 Å². The molecule has 5 heteroatoms. The molecule has 1 aromatic heterocycles. The summed E-state index contributed by atoms with van der Waals surface area (Å²) in [4.78, 5) is 7.13. The molecule has 3 nitrogen and oxygen atoms in total. The monoisotopic (exact) mass is 293 g/mol. The van der Waals surface area contributed by atoms with Gasteiger partial charge in [0.25, 0.3) is 0 Å². The Kier molecular flexibility index (Phi) is 2.72. The highest BCUT2D eigenvalue weighted by molar-refractivity contribution is 7.22. The van der Waals surface area contributed by atoms with Crippen LogP contribution in [0.15, 0.2) is 18.2 Å². The number of nitrogens with one attached hydrogen (secondary N) is 1. The quantitative estimate of drug-likeness (QED) is 0.875. The van der Waals surface area contributed by atoms with Gasteiger partial charge in [-0.15, -0.1) is 0 Å². The smallest absolute Gasteiger partial charge is 0.186 e. The van der Waals surface area contributed by atoms with Crippen LogP contribution in [0.5, 0.6) is 0 Å². The SMILES string of the molecule is Clc1cccc2nc(N3CC4(CCNCC4)C3)sc12. The van der Waals surface area contributed by atoms with Gasteiger partial charge < -0.3 is 10.2 Å². The number of benzene rings is 1. The van der Waals surface area contributed by atoms with Crippen LogP contribution >= 0.6 is 22.9 Å². The van der Waals surface area contributed by atoms with Gasteiger partial charge in [0.2, 0.25) is 0 Å². The average molecular weight is 294 g/mol. The number of anilines is 1. The third-order valence-electron chi connectivity index (χ3n) is 4.34. The number of piperidine rings is 1. The van der Waals surface area contributed by atoms with Crippen molar-refractivity contribution < 1.29 is 0 Å². The van der Waals surface area contributed by atoms with E-state index in [9.17, 15) is 0 Å². The minimum atomic E-state index is 0.549. The van der Waals surface area contributed by atoms with E-state index < -0.39 is 0 Å². The molecule has 3 heterocycles. The van der Waals surface area contributed by atoms with E-state index in [-0.39, 0.29) is 0 Å². The molecule has 2 saturated heterocycles. The molecule has 1 aromatic carbocycles. The number of aromatic nitrogens is 1. The van der Waals surface area contributed by atoms with Crippen molar-refractivity contribution in [3.8, 4) is 0 Å². The standard InChI is InChI=1S/C14H16ClN3S/c15-10-2-1-3-11-12(10)19-13(17-11)18-8-14(9-18)4-6-16-7-5-14/h1-3,16H,4-9H2. The molecule has 4 rings (SSSR count). The van der Waals surface area contributed by atoms with Crippen LogP contribution in [0.25, 0.3) is 10.2 Å². The summed E-state index contributed by atoms with van der Waals surface area (Å²) in [6.07, 6.45) is 2.60. The first-order valence-corrected chi connectivity index (χ1v) is 7.96. The van der Waals surface area contributed by atoms with Gasteiger partial charge >= 0.3 is 0 Å². The van der Waals surface area contributed by atoms with E-state index in [4.69, 9.17) is 16.6 Å². The first kappa shape index (κ1) is 11.9. The van der Waals surface area contributed by atoms with Crippen LogP contribution in [-0.2, 0) is 0 Å². The fourth-order valence-corrected chi connectivity index (χ4v) is 4.46. The van der Waals surface area contributed by atoms with Crippen LogP contribution in [0.4, 0.5) is 5.13 Å². The number of hydrogen-bond donors (Lipinski definition) is 1. The van der Waals surface area contributed by atoms with E-state index in [2.05, 4.69) is 10.2 Å². The van der Waals surface area contributed by atoms with Crippen molar-refractivity contribution in [3.63, 3.8) is 0 Å². The van der Waals surface area contributed by atoms with E-state index >= 15 is 0 Å². The number of rotatable bonds is 1. The first-order valence-electron chi connectivity index (χ1n) is 6.77. The lowest BCUT2D eigenvalue weighted by Gasteiger charge is -2.52. The summed E-state index contributed by atoms with van der Waals surface area (Å²) >= 11 is 7.94. The fourth-order valence-electron chi connectivity index (χ4n) is 3.21. The molecule has 0 aliphatic carbocycles. The maximum Gasteiger partial charge on any atom is 0.186 e. The Labute approximate surface area is 121 Å². The number of hydrogen-bond acceptors (Lipinski definition) is 4. The molecule has 100 valence electrons. The summed E-state index contributed by atoms with van der Waals surface area (Å²) in [6, 6.07) is 5.95. The van der Waals surface area contributed by atoms with Gasteiger partial charge in [-0.25, -0.2) is 4.98 Å². The lowest BCUT2D eigenvalue weighted by molar-refractivity contribution is 0.150. The second kappa shape index (κ2) is 4.33. The van der Waals surface area contributed by atoms with Gasteiger partial charge in [-0.2, -0.15) is 0 Å². The third-order valence-corrected chi connectivity index (χ3v) is 5.94. The van der Waals surface area contributed by atoms with Gasteiger partial charge in [0.15, 0.2) is 5.13 Å². The molecular weight excluding hydrogens is 278 g/mol. The Morgan fingerprint density at radius 1 is 1.26 bits per heavy atom. The zero-order chi connectivity index (χ0) is 12.9. The Balaban J connectivity index is 1.58. The summed E-state index contributed by atoms with van der Waals surface area (Å²) in [5.41, 5.74) is 1.58. The number of nitrogens with zero attached hydrogens (tertiary/aromatic N) is 2. The van der Waals surface area contributed by atoms with Crippen LogP contribution in [0, 0.1) is 5.41 Å².